The number of anilines is 1. The van der Waals surface area contributed by atoms with Gasteiger partial charge in [0.05, 0.1) is 23.2 Å². The number of nitrogens with one attached hydrogen (secondary N) is 1. The molecule has 1 N–H and O–H groups in total. The largest absolute Gasteiger partial charge is 0.466 e. The highest BCUT2D eigenvalue weighted by Gasteiger charge is 2.11. The zero-order valence-electron chi connectivity index (χ0n) is 16.3. The van der Waals surface area contributed by atoms with Crippen molar-refractivity contribution in [3.05, 3.63) is 35.9 Å². The highest BCUT2D eigenvalue weighted by molar-refractivity contribution is 7.22. The number of allylic oxidation sites excluding steroid dienone is 2. The number of thiazole rings is 1. The van der Waals surface area contributed by atoms with Crippen LogP contribution in [-0.2, 0) is 14.3 Å². The SMILES string of the molecule is CC(C)=CCC[C@H](C)CCOC(=O)CCC(=O)Nc1nc2ccccc2s1. The number of carbonyl (C=O) groups is 2. The first-order valence-corrected chi connectivity index (χ1v) is 10.2. The van der Waals surface area contributed by atoms with Crippen molar-refractivity contribution in [3.8, 4) is 0 Å². The Bertz CT molecular complexity index is 761. The first-order chi connectivity index (χ1) is 12.9. The van der Waals surface area contributed by atoms with Crippen LogP contribution >= 0.6 is 11.3 Å². The number of benzene rings is 1. The standard InChI is InChI=1S/C21H28N2O3S/c1-15(2)7-6-8-16(3)13-14-26-20(25)12-11-19(24)23-21-22-17-9-4-5-10-18(17)27-21/h4-5,7,9-10,16H,6,8,11-14H2,1-3H3,(H,22,23,24)/t16-/m0/s1. The Balaban J connectivity index is 1.62. The minimum atomic E-state index is -0.328. The van der Waals surface area contributed by atoms with Crippen LogP contribution in [0.5, 0.6) is 0 Å². The second-order valence-corrected chi connectivity index (χ2v) is 8.04. The molecule has 1 aromatic carbocycles. The molecule has 0 radical (unpaired) electrons. The van der Waals surface area contributed by atoms with E-state index in [9.17, 15) is 9.59 Å². The first kappa shape index (κ1) is 21.1. The number of hydrogen-bond donors (Lipinski definition) is 1. The Morgan fingerprint density at radius 1 is 1.22 bits per heavy atom. The minimum absolute atomic E-state index is 0.0862. The van der Waals surface area contributed by atoms with Gasteiger partial charge in [-0.05, 0) is 51.2 Å². The van der Waals surface area contributed by atoms with E-state index in [1.165, 1.54) is 16.9 Å². The fourth-order valence-electron chi connectivity index (χ4n) is 2.57. The molecule has 1 heterocycles. The predicted octanol–water partition coefficient (Wildman–Crippen LogP) is 5.33. The van der Waals surface area contributed by atoms with Crippen LogP contribution in [0, 0.1) is 5.92 Å². The highest BCUT2D eigenvalue weighted by atomic mass is 32.1. The van der Waals surface area contributed by atoms with Crippen molar-refractivity contribution in [1.82, 2.24) is 4.98 Å². The molecule has 2 aromatic rings. The maximum Gasteiger partial charge on any atom is 0.306 e. The number of amides is 1. The summed E-state index contributed by atoms with van der Waals surface area (Å²) < 4.78 is 6.26. The normalized spacial score (nSPS) is 11.8. The molecule has 2 rings (SSSR count). The monoisotopic (exact) mass is 388 g/mol. The first-order valence-electron chi connectivity index (χ1n) is 9.38. The molecule has 27 heavy (non-hydrogen) atoms. The lowest BCUT2D eigenvalue weighted by molar-refractivity contribution is -0.145. The van der Waals surface area contributed by atoms with Crippen LogP contribution in [0.25, 0.3) is 10.2 Å². The summed E-state index contributed by atoms with van der Waals surface area (Å²) in [5, 5.41) is 3.30. The lowest BCUT2D eigenvalue weighted by Gasteiger charge is -2.10. The second-order valence-electron chi connectivity index (χ2n) is 7.01. The summed E-state index contributed by atoms with van der Waals surface area (Å²) in [6.07, 6.45) is 5.41. The number of hydrogen-bond acceptors (Lipinski definition) is 5. The van der Waals surface area contributed by atoms with Crippen molar-refractivity contribution < 1.29 is 14.3 Å². The summed E-state index contributed by atoms with van der Waals surface area (Å²) in [4.78, 5) is 28.1. The van der Waals surface area contributed by atoms with Crippen LogP contribution in [0.1, 0.15) is 52.9 Å². The number of fused-ring (bicyclic) bond motifs is 1. The molecule has 0 spiro atoms. The zero-order chi connectivity index (χ0) is 19.6. The van der Waals surface area contributed by atoms with Crippen LogP contribution in [0.2, 0.25) is 0 Å². The molecule has 5 nitrogen and oxygen atoms in total. The highest BCUT2D eigenvalue weighted by Crippen LogP contribution is 2.25. The molecule has 0 aliphatic carbocycles. The number of nitrogens with zero attached hydrogens (tertiary/aromatic N) is 1. The van der Waals surface area contributed by atoms with E-state index in [4.69, 9.17) is 4.74 Å². The fraction of sp³-hybridized carbons (Fsp3) is 0.476. The Morgan fingerprint density at radius 2 is 2.00 bits per heavy atom. The quantitative estimate of drug-likeness (QED) is 0.441. The van der Waals surface area contributed by atoms with Gasteiger partial charge in [-0.1, -0.05) is 42.0 Å². The molecule has 1 atom stereocenters. The molecule has 0 bridgehead atoms. The predicted molar refractivity (Wildman–Crippen MR) is 111 cm³/mol. The molecular weight excluding hydrogens is 360 g/mol. The van der Waals surface area contributed by atoms with Gasteiger partial charge in [0, 0.05) is 6.42 Å². The van der Waals surface area contributed by atoms with E-state index >= 15 is 0 Å². The Hall–Kier alpha value is -2.21. The van der Waals surface area contributed by atoms with Crippen molar-refractivity contribution in [1.29, 1.82) is 0 Å². The maximum absolute atomic E-state index is 12.0. The molecule has 1 amide bonds. The average Bonchev–Trinajstić information content (AvgIpc) is 3.01. The van der Waals surface area contributed by atoms with Crippen LogP contribution in [0.3, 0.4) is 0 Å². The molecule has 1 aromatic heterocycles. The summed E-state index contributed by atoms with van der Waals surface area (Å²) >= 11 is 1.42. The van der Waals surface area contributed by atoms with Crippen molar-refractivity contribution in [2.45, 2.75) is 52.9 Å². The van der Waals surface area contributed by atoms with Gasteiger partial charge >= 0.3 is 5.97 Å². The Labute approximate surface area is 164 Å². The van der Waals surface area contributed by atoms with E-state index in [2.05, 4.69) is 37.1 Å². The number of rotatable bonds is 10. The van der Waals surface area contributed by atoms with Crippen molar-refractivity contribution >= 4 is 38.6 Å². The second kappa shape index (κ2) is 10.8. The topological polar surface area (TPSA) is 68.3 Å². The van der Waals surface area contributed by atoms with Gasteiger partial charge in [0.25, 0.3) is 0 Å². The van der Waals surface area contributed by atoms with Crippen LogP contribution in [0.15, 0.2) is 35.9 Å². The molecule has 0 saturated heterocycles. The number of aromatic nitrogens is 1. The summed E-state index contributed by atoms with van der Waals surface area (Å²) in [5.41, 5.74) is 2.19. The summed E-state index contributed by atoms with van der Waals surface area (Å²) in [6.45, 7) is 6.77. The Morgan fingerprint density at radius 3 is 2.74 bits per heavy atom. The molecular formula is C21H28N2O3S. The van der Waals surface area contributed by atoms with E-state index in [0.29, 0.717) is 17.7 Å². The van der Waals surface area contributed by atoms with E-state index < -0.39 is 0 Å². The third kappa shape index (κ3) is 7.91. The van der Waals surface area contributed by atoms with Crippen molar-refractivity contribution in [2.75, 3.05) is 11.9 Å². The summed E-state index contributed by atoms with van der Waals surface area (Å²) in [7, 11) is 0. The average molecular weight is 389 g/mol. The number of ether oxygens (including phenoxy) is 1. The summed E-state index contributed by atoms with van der Waals surface area (Å²) in [6, 6.07) is 7.71. The molecule has 0 aliphatic rings. The third-order valence-corrected chi connectivity index (χ3v) is 5.13. The number of esters is 1. The van der Waals surface area contributed by atoms with Gasteiger partial charge in [-0.3, -0.25) is 9.59 Å². The number of para-hydroxylation sites is 1. The van der Waals surface area contributed by atoms with E-state index in [0.717, 1.165) is 29.5 Å². The van der Waals surface area contributed by atoms with Gasteiger partial charge in [0.15, 0.2) is 5.13 Å². The van der Waals surface area contributed by atoms with E-state index in [1.807, 2.05) is 24.3 Å². The Kier molecular flexibility index (Phi) is 8.45. The van der Waals surface area contributed by atoms with Crippen LogP contribution in [-0.4, -0.2) is 23.5 Å². The fourth-order valence-corrected chi connectivity index (χ4v) is 3.45. The molecule has 0 aliphatic heterocycles. The van der Waals surface area contributed by atoms with Gasteiger partial charge in [-0.25, -0.2) is 4.98 Å². The lowest BCUT2D eigenvalue weighted by atomic mass is 10.0. The van der Waals surface area contributed by atoms with E-state index in [1.54, 1.807) is 0 Å². The maximum atomic E-state index is 12.0. The molecule has 0 saturated carbocycles. The van der Waals surface area contributed by atoms with Gasteiger partial charge in [0.2, 0.25) is 5.91 Å². The van der Waals surface area contributed by atoms with Gasteiger partial charge in [-0.15, -0.1) is 0 Å². The summed E-state index contributed by atoms with van der Waals surface area (Å²) in [5.74, 6) is -0.0391. The van der Waals surface area contributed by atoms with E-state index in [-0.39, 0.29) is 24.7 Å². The number of carbonyl (C=O) groups excluding carboxylic acids is 2. The smallest absolute Gasteiger partial charge is 0.306 e. The molecule has 6 heteroatoms. The van der Waals surface area contributed by atoms with Crippen molar-refractivity contribution in [2.24, 2.45) is 5.92 Å². The van der Waals surface area contributed by atoms with Crippen LogP contribution < -0.4 is 5.32 Å². The van der Waals surface area contributed by atoms with Crippen molar-refractivity contribution in [3.63, 3.8) is 0 Å². The molecule has 146 valence electrons. The zero-order valence-corrected chi connectivity index (χ0v) is 17.1. The lowest BCUT2D eigenvalue weighted by Crippen LogP contribution is -2.15. The third-order valence-electron chi connectivity index (χ3n) is 4.18. The molecule has 0 unspecified atom stereocenters. The van der Waals surface area contributed by atoms with Gasteiger partial charge in [0.1, 0.15) is 0 Å². The van der Waals surface area contributed by atoms with Gasteiger partial charge < -0.3 is 10.1 Å². The van der Waals surface area contributed by atoms with Crippen LogP contribution in [0.4, 0.5) is 5.13 Å². The molecule has 0 fully saturated rings. The minimum Gasteiger partial charge on any atom is -0.466 e. The van der Waals surface area contributed by atoms with Gasteiger partial charge in [-0.2, -0.15) is 0 Å².